The van der Waals surface area contributed by atoms with Crippen molar-refractivity contribution in [3.63, 3.8) is 0 Å². The second-order valence-corrected chi connectivity index (χ2v) is 5.47. The Morgan fingerprint density at radius 2 is 1.95 bits per heavy atom. The van der Waals surface area contributed by atoms with E-state index in [9.17, 15) is 0 Å². The Balaban J connectivity index is 1.86. The number of aryl methyl sites for hydroxylation is 2. The van der Waals surface area contributed by atoms with E-state index < -0.39 is 0 Å². The lowest BCUT2D eigenvalue weighted by molar-refractivity contribution is 0.479. The van der Waals surface area contributed by atoms with Crippen molar-refractivity contribution in [3.8, 4) is 0 Å². The molecule has 0 bridgehead atoms. The maximum absolute atomic E-state index is 4.63. The molecular formula is C16H21N3. The summed E-state index contributed by atoms with van der Waals surface area (Å²) in [5.41, 5.74) is 4.67. The first-order chi connectivity index (χ1) is 9.22. The molecule has 2 aromatic rings. The summed E-state index contributed by atoms with van der Waals surface area (Å²) >= 11 is 0. The lowest BCUT2D eigenvalue weighted by Gasteiger charge is -2.24. The highest BCUT2D eigenvalue weighted by Crippen LogP contribution is 2.21. The SMILES string of the molecule is Cc1cc2cc(NC3CCNCC3)ccc2nc1C. The monoisotopic (exact) mass is 255 g/mol. The minimum absolute atomic E-state index is 0.596. The number of benzene rings is 1. The summed E-state index contributed by atoms with van der Waals surface area (Å²) < 4.78 is 0. The van der Waals surface area contributed by atoms with Crippen molar-refractivity contribution >= 4 is 16.6 Å². The summed E-state index contributed by atoms with van der Waals surface area (Å²) in [4.78, 5) is 4.63. The molecule has 3 heteroatoms. The molecule has 100 valence electrons. The fraction of sp³-hybridized carbons (Fsp3) is 0.438. The van der Waals surface area contributed by atoms with Gasteiger partial charge in [0.25, 0.3) is 0 Å². The van der Waals surface area contributed by atoms with E-state index in [1.165, 1.54) is 29.5 Å². The molecule has 3 nitrogen and oxygen atoms in total. The van der Waals surface area contributed by atoms with Crippen LogP contribution in [-0.2, 0) is 0 Å². The molecule has 1 aliphatic rings. The summed E-state index contributed by atoms with van der Waals surface area (Å²) in [6.45, 7) is 6.42. The van der Waals surface area contributed by atoms with Gasteiger partial charge >= 0.3 is 0 Å². The molecular weight excluding hydrogens is 234 g/mol. The number of piperidine rings is 1. The van der Waals surface area contributed by atoms with Gasteiger partial charge in [0, 0.05) is 22.8 Å². The van der Waals surface area contributed by atoms with Crippen LogP contribution in [0.15, 0.2) is 24.3 Å². The Kier molecular flexibility index (Phi) is 3.38. The molecule has 1 aliphatic heterocycles. The normalized spacial score (nSPS) is 16.7. The molecule has 19 heavy (non-hydrogen) atoms. The highest BCUT2D eigenvalue weighted by molar-refractivity contribution is 5.83. The van der Waals surface area contributed by atoms with Crippen LogP contribution < -0.4 is 10.6 Å². The molecule has 2 N–H and O–H groups in total. The highest BCUT2D eigenvalue weighted by Gasteiger charge is 2.12. The van der Waals surface area contributed by atoms with Crippen LogP contribution in [-0.4, -0.2) is 24.1 Å². The van der Waals surface area contributed by atoms with Gasteiger partial charge in [-0.1, -0.05) is 0 Å². The molecule has 1 fully saturated rings. The highest BCUT2D eigenvalue weighted by atomic mass is 15.0. The Labute approximate surface area is 114 Å². The lowest BCUT2D eigenvalue weighted by atomic mass is 10.1. The van der Waals surface area contributed by atoms with E-state index in [0.717, 1.165) is 24.3 Å². The van der Waals surface area contributed by atoms with E-state index in [1.807, 2.05) is 0 Å². The van der Waals surface area contributed by atoms with Gasteiger partial charge in [0.2, 0.25) is 0 Å². The van der Waals surface area contributed by atoms with E-state index in [2.05, 4.69) is 53.7 Å². The predicted octanol–water partition coefficient (Wildman–Crippen LogP) is 3.02. The topological polar surface area (TPSA) is 37.0 Å². The van der Waals surface area contributed by atoms with Gasteiger partial charge < -0.3 is 10.6 Å². The van der Waals surface area contributed by atoms with E-state index in [-0.39, 0.29) is 0 Å². The van der Waals surface area contributed by atoms with Crippen LogP contribution in [0.5, 0.6) is 0 Å². The molecule has 3 rings (SSSR count). The molecule has 0 aliphatic carbocycles. The van der Waals surface area contributed by atoms with E-state index in [0.29, 0.717) is 6.04 Å². The molecule has 0 spiro atoms. The zero-order valence-corrected chi connectivity index (χ0v) is 11.7. The predicted molar refractivity (Wildman–Crippen MR) is 80.7 cm³/mol. The zero-order valence-electron chi connectivity index (χ0n) is 11.7. The average molecular weight is 255 g/mol. The van der Waals surface area contributed by atoms with Gasteiger partial charge in [0.1, 0.15) is 0 Å². The Bertz CT molecular complexity index is 586. The van der Waals surface area contributed by atoms with Gasteiger partial charge in [-0.3, -0.25) is 4.98 Å². The first kappa shape index (κ1) is 12.4. The van der Waals surface area contributed by atoms with Crippen molar-refractivity contribution in [2.75, 3.05) is 18.4 Å². The van der Waals surface area contributed by atoms with Gasteiger partial charge in [-0.15, -0.1) is 0 Å². The van der Waals surface area contributed by atoms with Gasteiger partial charge in [-0.2, -0.15) is 0 Å². The second kappa shape index (κ2) is 5.17. The quantitative estimate of drug-likeness (QED) is 0.866. The summed E-state index contributed by atoms with van der Waals surface area (Å²) in [5, 5.41) is 8.26. The maximum atomic E-state index is 4.63. The van der Waals surface area contributed by atoms with Crippen molar-refractivity contribution in [2.24, 2.45) is 0 Å². The number of aromatic nitrogens is 1. The van der Waals surface area contributed by atoms with Gasteiger partial charge in [0.05, 0.1) is 5.52 Å². The van der Waals surface area contributed by atoms with Crippen LogP contribution in [0.25, 0.3) is 10.9 Å². The van der Waals surface area contributed by atoms with E-state index >= 15 is 0 Å². The molecule has 1 aromatic carbocycles. The molecule has 1 saturated heterocycles. The molecule has 0 amide bonds. The zero-order chi connectivity index (χ0) is 13.2. The molecule has 0 saturated carbocycles. The Morgan fingerprint density at radius 1 is 1.16 bits per heavy atom. The van der Waals surface area contributed by atoms with E-state index in [1.54, 1.807) is 0 Å². The van der Waals surface area contributed by atoms with Crippen molar-refractivity contribution in [1.29, 1.82) is 0 Å². The smallest absolute Gasteiger partial charge is 0.0706 e. The number of nitrogens with one attached hydrogen (secondary N) is 2. The minimum Gasteiger partial charge on any atom is -0.382 e. The van der Waals surface area contributed by atoms with Crippen LogP contribution in [0.2, 0.25) is 0 Å². The van der Waals surface area contributed by atoms with Gasteiger partial charge in [0.15, 0.2) is 0 Å². The number of fused-ring (bicyclic) bond motifs is 1. The lowest BCUT2D eigenvalue weighted by Crippen LogP contribution is -2.35. The number of hydrogen-bond donors (Lipinski definition) is 2. The third-order valence-corrected chi connectivity index (χ3v) is 3.97. The fourth-order valence-corrected chi connectivity index (χ4v) is 2.67. The van der Waals surface area contributed by atoms with Crippen molar-refractivity contribution in [2.45, 2.75) is 32.7 Å². The summed E-state index contributed by atoms with van der Waals surface area (Å²) in [5.74, 6) is 0. The number of nitrogens with zero attached hydrogens (tertiary/aromatic N) is 1. The number of pyridine rings is 1. The minimum atomic E-state index is 0.596. The van der Waals surface area contributed by atoms with Crippen molar-refractivity contribution in [1.82, 2.24) is 10.3 Å². The molecule has 2 heterocycles. The first-order valence-electron chi connectivity index (χ1n) is 7.07. The number of anilines is 1. The summed E-state index contributed by atoms with van der Waals surface area (Å²) in [6.07, 6.45) is 2.40. The Hall–Kier alpha value is -1.61. The van der Waals surface area contributed by atoms with Crippen molar-refractivity contribution < 1.29 is 0 Å². The second-order valence-electron chi connectivity index (χ2n) is 5.47. The number of hydrogen-bond acceptors (Lipinski definition) is 3. The standard InChI is InChI=1S/C16H21N3/c1-11-9-13-10-15(3-4-16(13)18-12(11)2)19-14-5-7-17-8-6-14/h3-4,9-10,14,17,19H,5-8H2,1-2H3. The van der Waals surface area contributed by atoms with Crippen LogP contribution in [0.1, 0.15) is 24.1 Å². The molecule has 0 radical (unpaired) electrons. The molecule has 1 aromatic heterocycles. The first-order valence-corrected chi connectivity index (χ1v) is 7.07. The number of rotatable bonds is 2. The van der Waals surface area contributed by atoms with E-state index in [4.69, 9.17) is 0 Å². The summed E-state index contributed by atoms with van der Waals surface area (Å²) in [6, 6.07) is 9.30. The van der Waals surface area contributed by atoms with Crippen LogP contribution in [0.3, 0.4) is 0 Å². The van der Waals surface area contributed by atoms with Crippen LogP contribution in [0, 0.1) is 13.8 Å². The largest absolute Gasteiger partial charge is 0.382 e. The maximum Gasteiger partial charge on any atom is 0.0706 e. The van der Waals surface area contributed by atoms with Crippen LogP contribution in [0.4, 0.5) is 5.69 Å². The van der Waals surface area contributed by atoms with Gasteiger partial charge in [-0.25, -0.2) is 0 Å². The van der Waals surface area contributed by atoms with Gasteiger partial charge in [-0.05, 0) is 69.6 Å². The summed E-state index contributed by atoms with van der Waals surface area (Å²) in [7, 11) is 0. The third kappa shape index (κ3) is 2.71. The van der Waals surface area contributed by atoms with Crippen LogP contribution >= 0.6 is 0 Å². The Morgan fingerprint density at radius 3 is 2.74 bits per heavy atom. The molecule has 0 unspecified atom stereocenters. The fourth-order valence-electron chi connectivity index (χ4n) is 2.67. The average Bonchev–Trinajstić information content (AvgIpc) is 2.42. The third-order valence-electron chi connectivity index (χ3n) is 3.97. The van der Waals surface area contributed by atoms with Crippen molar-refractivity contribution in [3.05, 3.63) is 35.5 Å². The molecule has 0 atom stereocenters.